The molecule has 0 N–H and O–H groups in total. The molecule has 0 saturated carbocycles. The molecule has 5 aromatic rings. The molecule has 0 bridgehead atoms. The zero-order chi connectivity index (χ0) is 35.0. The maximum Gasteiger partial charge on any atom is 0.338 e. The number of imidazole rings is 1. The number of fused-ring (bicyclic) bond motifs is 1. The molecule has 0 amide bonds. The largest absolute Gasteiger partial charge is 0.473 e. The molecule has 11 heteroatoms. The van der Waals surface area contributed by atoms with Crippen molar-refractivity contribution in [3.05, 3.63) is 112 Å². The van der Waals surface area contributed by atoms with Gasteiger partial charge in [-0.25, -0.2) is 27.9 Å². The Morgan fingerprint density at radius 2 is 1.67 bits per heavy atom. The molecular formula is C37H37F3N4O4. The van der Waals surface area contributed by atoms with Crippen molar-refractivity contribution in [1.29, 1.82) is 5.26 Å². The number of nitriles is 1. The zero-order valence-corrected chi connectivity index (χ0v) is 27.7. The summed E-state index contributed by atoms with van der Waals surface area (Å²) in [6.07, 6.45) is -0.0318. The fraction of sp³-hybridized carbons (Fsp3) is 0.297. The van der Waals surface area contributed by atoms with E-state index in [2.05, 4.69) is 9.97 Å². The molecule has 8 nitrogen and oxygen atoms in total. The van der Waals surface area contributed by atoms with Crippen molar-refractivity contribution in [2.75, 3.05) is 13.7 Å². The first-order chi connectivity index (χ1) is 23.0. The van der Waals surface area contributed by atoms with Crippen LogP contribution in [0.15, 0.2) is 66.7 Å². The molecule has 250 valence electrons. The Labute approximate surface area is 277 Å². The van der Waals surface area contributed by atoms with Gasteiger partial charge in [0.25, 0.3) is 0 Å². The molecule has 0 fully saturated rings. The second kappa shape index (κ2) is 15.6. The third-order valence-corrected chi connectivity index (χ3v) is 7.02. The van der Waals surface area contributed by atoms with Crippen LogP contribution in [-0.2, 0) is 29.0 Å². The number of ether oxygens (including phenoxy) is 3. The number of hydrogen-bond donors (Lipinski definition) is 0. The van der Waals surface area contributed by atoms with E-state index in [1.165, 1.54) is 24.3 Å². The Hall–Kier alpha value is -5.21. The van der Waals surface area contributed by atoms with Gasteiger partial charge in [0.1, 0.15) is 35.5 Å². The first-order valence-corrected chi connectivity index (χ1v) is 15.4. The molecule has 0 unspecified atom stereocenters. The Morgan fingerprint density at radius 1 is 0.917 bits per heavy atom. The van der Waals surface area contributed by atoms with E-state index in [0.29, 0.717) is 35.6 Å². The third-order valence-electron chi connectivity index (χ3n) is 7.02. The SMILES string of the molecule is CC.COCCn1c(Cc2cc(F)c(-c3cccc(OCc4ccc(C#N)cc4F)n3)cc2F)nc2ccc(C(=O)OC(C)(C)C)cc21. The van der Waals surface area contributed by atoms with E-state index in [1.54, 1.807) is 52.1 Å². The minimum Gasteiger partial charge on any atom is -0.473 e. The number of carbonyl (C=O) groups is 1. The Kier molecular flexibility index (Phi) is 11.6. The van der Waals surface area contributed by atoms with Gasteiger partial charge in [-0.1, -0.05) is 26.0 Å². The van der Waals surface area contributed by atoms with Crippen molar-refractivity contribution >= 4 is 17.0 Å². The van der Waals surface area contributed by atoms with Crippen molar-refractivity contribution in [2.24, 2.45) is 0 Å². The van der Waals surface area contributed by atoms with Gasteiger partial charge in [-0.2, -0.15) is 5.26 Å². The first kappa shape index (κ1) is 35.6. The van der Waals surface area contributed by atoms with Crippen LogP contribution in [0.2, 0.25) is 0 Å². The molecule has 3 aromatic carbocycles. The number of carbonyl (C=O) groups excluding carboxylic acids is 1. The molecular weight excluding hydrogens is 621 g/mol. The van der Waals surface area contributed by atoms with E-state index in [9.17, 15) is 9.18 Å². The zero-order valence-electron chi connectivity index (χ0n) is 27.7. The van der Waals surface area contributed by atoms with E-state index in [4.69, 9.17) is 19.5 Å². The quantitative estimate of drug-likeness (QED) is 0.140. The predicted molar refractivity (Wildman–Crippen MR) is 176 cm³/mol. The van der Waals surface area contributed by atoms with Gasteiger partial charge in [-0.15, -0.1) is 0 Å². The molecule has 0 aliphatic rings. The van der Waals surface area contributed by atoms with E-state index < -0.39 is 29.0 Å². The van der Waals surface area contributed by atoms with Crippen LogP contribution in [0.25, 0.3) is 22.3 Å². The van der Waals surface area contributed by atoms with E-state index >= 15 is 8.78 Å². The van der Waals surface area contributed by atoms with Crippen LogP contribution >= 0.6 is 0 Å². The van der Waals surface area contributed by atoms with Crippen LogP contribution < -0.4 is 4.74 Å². The lowest BCUT2D eigenvalue weighted by atomic mass is 10.0. The minimum atomic E-state index is -0.703. The van der Waals surface area contributed by atoms with Crippen molar-refractivity contribution in [3.8, 4) is 23.2 Å². The monoisotopic (exact) mass is 658 g/mol. The summed E-state index contributed by atoms with van der Waals surface area (Å²) >= 11 is 0. The van der Waals surface area contributed by atoms with Crippen molar-refractivity contribution in [1.82, 2.24) is 14.5 Å². The van der Waals surface area contributed by atoms with Crippen molar-refractivity contribution < 1.29 is 32.2 Å². The van der Waals surface area contributed by atoms with Crippen LogP contribution in [0, 0.1) is 28.8 Å². The normalized spacial score (nSPS) is 11.1. The molecule has 0 radical (unpaired) electrons. The molecule has 48 heavy (non-hydrogen) atoms. The highest BCUT2D eigenvalue weighted by Crippen LogP contribution is 2.29. The molecule has 2 heterocycles. The number of methoxy groups -OCH3 is 1. The maximum absolute atomic E-state index is 15.5. The van der Waals surface area contributed by atoms with Gasteiger partial charge < -0.3 is 18.8 Å². The maximum atomic E-state index is 15.5. The standard InChI is InChI=1S/C35H31F3N4O4.C2H6/c1-35(2,3)46-34(43)22-10-11-30-31(16-22)42(12-13-44-4)32(40-30)17-24-15-28(38)25(18-27(24)37)29-6-5-7-33(41-29)45-20-23-9-8-21(19-39)14-26(23)36;1-2/h5-11,14-16,18H,12-13,17,20H2,1-4H3;1-2H3. The van der Waals surface area contributed by atoms with Gasteiger partial charge in [0.15, 0.2) is 0 Å². The number of esters is 1. The van der Waals surface area contributed by atoms with Gasteiger partial charge in [0, 0.05) is 37.3 Å². The molecule has 0 aliphatic carbocycles. The van der Waals surface area contributed by atoms with Gasteiger partial charge in [-0.05, 0) is 74.9 Å². The number of rotatable bonds is 10. The number of halogens is 3. The number of pyridine rings is 1. The summed E-state index contributed by atoms with van der Waals surface area (Å²) < 4.78 is 63.5. The second-order valence-electron chi connectivity index (χ2n) is 11.5. The van der Waals surface area contributed by atoms with Gasteiger partial charge in [0.2, 0.25) is 5.88 Å². The van der Waals surface area contributed by atoms with Gasteiger partial charge in [0.05, 0.1) is 40.5 Å². The summed E-state index contributed by atoms with van der Waals surface area (Å²) in [4.78, 5) is 21.7. The van der Waals surface area contributed by atoms with E-state index in [-0.39, 0.29) is 46.9 Å². The van der Waals surface area contributed by atoms with Gasteiger partial charge >= 0.3 is 5.97 Å². The lowest BCUT2D eigenvalue weighted by Crippen LogP contribution is -2.23. The van der Waals surface area contributed by atoms with Crippen molar-refractivity contribution in [3.63, 3.8) is 0 Å². The number of nitrogens with zero attached hydrogens (tertiary/aromatic N) is 4. The first-order valence-electron chi connectivity index (χ1n) is 15.4. The summed E-state index contributed by atoms with van der Waals surface area (Å²) in [5.41, 5.74) is 1.41. The van der Waals surface area contributed by atoms with Crippen LogP contribution in [0.1, 0.15) is 67.5 Å². The number of aromatic nitrogens is 3. The van der Waals surface area contributed by atoms with E-state index in [0.717, 1.165) is 18.2 Å². The molecule has 0 aliphatic heterocycles. The van der Waals surface area contributed by atoms with Crippen LogP contribution in [0.3, 0.4) is 0 Å². The fourth-order valence-corrected chi connectivity index (χ4v) is 4.82. The summed E-state index contributed by atoms with van der Waals surface area (Å²) in [6.45, 7) is 9.87. The third kappa shape index (κ3) is 8.57. The summed E-state index contributed by atoms with van der Waals surface area (Å²) in [6, 6.07) is 17.7. The average Bonchev–Trinajstić information content (AvgIpc) is 3.40. The highest BCUT2D eigenvalue weighted by molar-refractivity contribution is 5.94. The van der Waals surface area contributed by atoms with Crippen LogP contribution in [0.4, 0.5) is 13.2 Å². The topological polar surface area (TPSA) is 99.3 Å². The average molecular weight is 659 g/mol. The molecule has 0 atom stereocenters. The second-order valence-corrected chi connectivity index (χ2v) is 11.5. The minimum absolute atomic E-state index is 0.0318. The predicted octanol–water partition coefficient (Wildman–Crippen LogP) is 8.18. The Balaban J connectivity index is 0.00000255. The number of benzene rings is 3. The summed E-state index contributed by atoms with van der Waals surface area (Å²) in [7, 11) is 1.55. The molecule has 5 rings (SSSR count). The smallest absolute Gasteiger partial charge is 0.338 e. The fourth-order valence-electron chi connectivity index (χ4n) is 4.82. The van der Waals surface area contributed by atoms with Crippen LogP contribution in [-0.4, -0.2) is 39.8 Å². The molecule has 0 spiro atoms. The summed E-state index contributed by atoms with van der Waals surface area (Å²) in [5.74, 6) is -1.90. The highest BCUT2D eigenvalue weighted by atomic mass is 19.1. The van der Waals surface area contributed by atoms with Crippen molar-refractivity contribution in [2.45, 2.75) is 59.8 Å². The lowest BCUT2D eigenvalue weighted by Gasteiger charge is -2.19. The van der Waals surface area contributed by atoms with E-state index in [1.807, 2.05) is 24.5 Å². The molecule has 0 saturated heterocycles. The Morgan fingerprint density at radius 3 is 2.35 bits per heavy atom. The van der Waals surface area contributed by atoms with Gasteiger partial charge in [-0.3, -0.25) is 0 Å². The highest BCUT2D eigenvalue weighted by Gasteiger charge is 2.21. The Bertz CT molecular complexity index is 1960. The summed E-state index contributed by atoms with van der Waals surface area (Å²) in [5, 5.41) is 8.92. The molecule has 2 aromatic heterocycles. The number of hydrogen-bond acceptors (Lipinski definition) is 7. The lowest BCUT2D eigenvalue weighted by molar-refractivity contribution is 0.00696. The van der Waals surface area contributed by atoms with Crippen LogP contribution in [0.5, 0.6) is 5.88 Å².